The molecule has 0 saturated carbocycles. The van der Waals surface area contributed by atoms with Crippen LogP contribution in [0.4, 0.5) is 0 Å². The van der Waals surface area contributed by atoms with Crippen LogP contribution in [0.2, 0.25) is 0 Å². The number of hydrogen-bond donors (Lipinski definition) is 1. The first kappa shape index (κ1) is 12.5. The van der Waals surface area contributed by atoms with Crippen molar-refractivity contribution < 1.29 is 4.79 Å². The van der Waals surface area contributed by atoms with Crippen LogP contribution < -0.4 is 5.32 Å². The summed E-state index contributed by atoms with van der Waals surface area (Å²) in [5.74, 6) is 1.30. The SMILES string of the molecule is CC(C)CC(C)N1CNC(C(C)C)C1=O. The van der Waals surface area contributed by atoms with Gasteiger partial charge in [0.05, 0.1) is 12.7 Å². The average molecular weight is 212 g/mol. The molecule has 1 N–H and O–H groups in total. The molecule has 1 aliphatic heterocycles. The van der Waals surface area contributed by atoms with Crippen molar-refractivity contribution in [2.75, 3.05) is 6.67 Å². The van der Waals surface area contributed by atoms with Gasteiger partial charge in [-0.05, 0) is 25.2 Å². The quantitative estimate of drug-likeness (QED) is 0.771. The van der Waals surface area contributed by atoms with E-state index >= 15 is 0 Å². The zero-order valence-corrected chi connectivity index (χ0v) is 10.6. The Morgan fingerprint density at radius 3 is 2.33 bits per heavy atom. The van der Waals surface area contributed by atoms with Crippen molar-refractivity contribution >= 4 is 5.91 Å². The smallest absolute Gasteiger partial charge is 0.241 e. The molecule has 2 atom stereocenters. The van der Waals surface area contributed by atoms with Crippen LogP contribution >= 0.6 is 0 Å². The predicted octanol–water partition coefficient (Wildman–Crippen LogP) is 1.83. The summed E-state index contributed by atoms with van der Waals surface area (Å²) in [6, 6.07) is 0.383. The maximum Gasteiger partial charge on any atom is 0.241 e. The fraction of sp³-hybridized carbons (Fsp3) is 0.917. The van der Waals surface area contributed by atoms with Gasteiger partial charge in [-0.15, -0.1) is 0 Å². The first-order chi connectivity index (χ1) is 6.93. The number of hydrogen-bond acceptors (Lipinski definition) is 2. The molecule has 0 aromatic heterocycles. The molecular formula is C12H24N2O. The Morgan fingerprint density at radius 1 is 1.33 bits per heavy atom. The van der Waals surface area contributed by atoms with E-state index in [4.69, 9.17) is 0 Å². The standard InChI is InChI=1S/C12H24N2O/c1-8(2)6-10(5)14-7-13-11(9(3)4)12(14)15/h8-11,13H,6-7H2,1-5H3. The summed E-state index contributed by atoms with van der Waals surface area (Å²) < 4.78 is 0. The summed E-state index contributed by atoms with van der Waals surface area (Å²) in [5.41, 5.74) is 0. The number of carbonyl (C=O) groups is 1. The van der Waals surface area contributed by atoms with Crippen LogP contribution in [0.25, 0.3) is 0 Å². The highest BCUT2D eigenvalue weighted by Gasteiger charge is 2.35. The van der Waals surface area contributed by atoms with Gasteiger partial charge >= 0.3 is 0 Å². The number of nitrogens with zero attached hydrogens (tertiary/aromatic N) is 1. The second kappa shape index (κ2) is 4.97. The second-order valence-electron chi connectivity index (χ2n) is 5.37. The molecule has 3 heteroatoms. The molecule has 0 aromatic rings. The number of carbonyl (C=O) groups excluding carboxylic acids is 1. The molecule has 0 aliphatic carbocycles. The monoisotopic (exact) mass is 212 g/mol. The van der Waals surface area contributed by atoms with Crippen molar-refractivity contribution in [1.82, 2.24) is 10.2 Å². The lowest BCUT2D eigenvalue weighted by molar-refractivity contribution is -0.131. The molecule has 3 nitrogen and oxygen atoms in total. The molecular weight excluding hydrogens is 188 g/mol. The van der Waals surface area contributed by atoms with Crippen LogP contribution in [-0.4, -0.2) is 29.6 Å². The molecule has 0 bridgehead atoms. The van der Waals surface area contributed by atoms with Gasteiger partial charge in [0, 0.05) is 6.04 Å². The lowest BCUT2D eigenvalue weighted by atomic mass is 10.0. The van der Waals surface area contributed by atoms with Crippen molar-refractivity contribution in [1.29, 1.82) is 0 Å². The zero-order chi connectivity index (χ0) is 11.6. The van der Waals surface area contributed by atoms with E-state index in [9.17, 15) is 4.79 Å². The number of amides is 1. The Kier molecular flexibility index (Phi) is 4.14. The topological polar surface area (TPSA) is 32.3 Å². The summed E-state index contributed by atoms with van der Waals surface area (Å²) in [6.07, 6.45) is 1.08. The highest BCUT2D eigenvalue weighted by Crippen LogP contribution is 2.18. The largest absolute Gasteiger partial charge is 0.326 e. The summed E-state index contributed by atoms with van der Waals surface area (Å²) in [7, 11) is 0. The third kappa shape index (κ3) is 2.94. The third-order valence-electron chi connectivity index (χ3n) is 3.04. The molecule has 0 aromatic carbocycles. The van der Waals surface area contributed by atoms with E-state index in [-0.39, 0.29) is 11.9 Å². The highest BCUT2D eigenvalue weighted by molar-refractivity contribution is 5.84. The van der Waals surface area contributed by atoms with Gasteiger partial charge in [-0.3, -0.25) is 10.1 Å². The fourth-order valence-electron chi connectivity index (χ4n) is 2.24. The molecule has 15 heavy (non-hydrogen) atoms. The minimum atomic E-state index is 0.0274. The summed E-state index contributed by atoms with van der Waals surface area (Å²) >= 11 is 0. The van der Waals surface area contributed by atoms with Crippen molar-refractivity contribution in [2.45, 2.75) is 53.1 Å². The number of rotatable bonds is 4. The molecule has 1 saturated heterocycles. The van der Waals surface area contributed by atoms with Gasteiger partial charge in [0.15, 0.2) is 0 Å². The van der Waals surface area contributed by atoms with Crippen molar-refractivity contribution in [3.05, 3.63) is 0 Å². The highest BCUT2D eigenvalue weighted by atomic mass is 16.2. The Morgan fingerprint density at radius 2 is 1.93 bits per heavy atom. The van der Waals surface area contributed by atoms with Gasteiger partial charge < -0.3 is 4.90 Å². The van der Waals surface area contributed by atoms with E-state index in [0.717, 1.165) is 13.1 Å². The van der Waals surface area contributed by atoms with E-state index in [0.29, 0.717) is 17.9 Å². The molecule has 1 fully saturated rings. The van der Waals surface area contributed by atoms with Crippen molar-refractivity contribution in [3.63, 3.8) is 0 Å². The fourth-order valence-corrected chi connectivity index (χ4v) is 2.24. The van der Waals surface area contributed by atoms with Crippen LogP contribution in [0.1, 0.15) is 41.0 Å². The Hall–Kier alpha value is -0.570. The Labute approximate surface area is 93.2 Å². The van der Waals surface area contributed by atoms with Gasteiger partial charge in [-0.2, -0.15) is 0 Å². The van der Waals surface area contributed by atoms with Crippen LogP contribution in [0, 0.1) is 11.8 Å². The van der Waals surface area contributed by atoms with E-state index < -0.39 is 0 Å². The summed E-state index contributed by atoms with van der Waals surface area (Å²) in [4.78, 5) is 14.0. The zero-order valence-electron chi connectivity index (χ0n) is 10.6. The minimum Gasteiger partial charge on any atom is -0.326 e. The summed E-state index contributed by atoms with van der Waals surface area (Å²) in [5, 5.41) is 3.29. The molecule has 0 radical (unpaired) electrons. The van der Waals surface area contributed by atoms with Gasteiger partial charge in [0.25, 0.3) is 0 Å². The predicted molar refractivity (Wildman–Crippen MR) is 62.4 cm³/mol. The molecule has 1 aliphatic rings. The van der Waals surface area contributed by atoms with Crippen molar-refractivity contribution in [2.24, 2.45) is 11.8 Å². The van der Waals surface area contributed by atoms with Crippen LogP contribution in [0.15, 0.2) is 0 Å². The maximum atomic E-state index is 12.0. The minimum absolute atomic E-state index is 0.0274. The van der Waals surface area contributed by atoms with Crippen LogP contribution in [-0.2, 0) is 4.79 Å². The average Bonchev–Trinajstić information content (AvgIpc) is 2.45. The maximum absolute atomic E-state index is 12.0. The Balaban J connectivity index is 2.55. The van der Waals surface area contributed by atoms with Crippen LogP contribution in [0.3, 0.4) is 0 Å². The van der Waals surface area contributed by atoms with Gasteiger partial charge in [0.1, 0.15) is 0 Å². The number of nitrogens with one attached hydrogen (secondary N) is 1. The molecule has 1 heterocycles. The molecule has 1 amide bonds. The van der Waals surface area contributed by atoms with E-state index in [2.05, 4.69) is 39.9 Å². The Bertz CT molecular complexity index is 226. The third-order valence-corrected chi connectivity index (χ3v) is 3.04. The van der Waals surface area contributed by atoms with E-state index in [1.54, 1.807) is 0 Å². The molecule has 0 spiro atoms. The van der Waals surface area contributed by atoms with E-state index in [1.165, 1.54) is 0 Å². The normalized spacial score (nSPS) is 24.3. The lowest BCUT2D eigenvalue weighted by Gasteiger charge is -2.25. The summed E-state index contributed by atoms with van der Waals surface area (Å²) in [6.45, 7) is 11.4. The van der Waals surface area contributed by atoms with Gasteiger partial charge in [0.2, 0.25) is 5.91 Å². The molecule has 1 rings (SSSR count). The van der Waals surface area contributed by atoms with Gasteiger partial charge in [-0.25, -0.2) is 0 Å². The first-order valence-electron chi connectivity index (χ1n) is 5.97. The van der Waals surface area contributed by atoms with E-state index in [1.807, 2.05) is 4.90 Å². The first-order valence-corrected chi connectivity index (χ1v) is 5.97. The van der Waals surface area contributed by atoms with Gasteiger partial charge in [-0.1, -0.05) is 27.7 Å². The molecule has 2 unspecified atom stereocenters. The second-order valence-corrected chi connectivity index (χ2v) is 5.37. The molecule has 88 valence electrons. The lowest BCUT2D eigenvalue weighted by Crippen LogP contribution is -2.39. The van der Waals surface area contributed by atoms with Crippen LogP contribution in [0.5, 0.6) is 0 Å². The van der Waals surface area contributed by atoms with Crippen molar-refractivity contribution in [3.8, 4) is 0 Å².